The molecule has 0 bridgehead atoms. The van der Waals surface area contributed by atoms with E-state index in [1.165, 1.54) is 4.68 Å². The van der Waals surface area contributed by atoms with Crippen LogP contribution in [0, 0.1) is 0 Å². The first-order valence-electron chi connectivity index (χ1n) is 6.44. The molecule has 0 aliphatic rings. The highest BCUT2D eigenvalue weighted by Gasteiger charge is 2.12. The maximum atomic E-state index is 12.3. The van der Waals surface area contributed by atoms with Crippen molar-refractivity contribution in [3.05, 3.63) is 40.8 Å². The van der Waals surface area contributed by atoms with Crippen molar-refractivity contribution in [3.63, 3.8) is 0 Å². The van der Waals surface area contributed by atoms with Gasteiger partial charge in [0.05, 0.1) is 18.1 Å². The summed E-state index contributed by atoms with van der Waals surface area (Å²) in [5, 5.41) is 5.65. The summed E-state index contributed by atoms with van der Waals surface area (Å²) in [5.41, 5.74) is -0.123. The average Bonchev–Trinajstić information content (AvgIpc) is 2.43. The van der Waals surface area contributed by atoms with Gasteiger partial charge in [0.15, 0.2) is 6.29 Å². The largest absolute Gasteiger partial charge is 0.351 e. The van der Waals surface area contributed by atoms with E-state index < -0.39 is 6.29 Å². The van der Waals surface area contributed by atoms with Gasteiger partial charge in [-0.25, -0.2) is 4.68 Å². The van der Waals surface area contributed by atoms with Gasteiger partial charge < -0.3 is 9.47 Å². The molecule has 0 atom stereocenters. The van der Waals surface area contributed by atoms with Crippen LogP contribution in [0.25, 0.3) is 10.8 Å². The van der Waals surface area contributed by atoms with Crippen LogP contribution in [-0.4, -0.2) is 29.3 Å². The number of rotatable bonds is 6. The molecule has 0 aliphatic carbocycles. The van der Waals surface area contributed by atoms with Gasteiger partial charge in [0.1, 0.15) is 0 Å². The lowest BCUT2D eigenvalue weighted by molar-refractivity contribution is -0.145. The van der Waals surface area contributed by atoms with Gasteiger partial charge in [-0.15, -0.1) is 0 Å². The van der Waals surface area contributed by atoms with E-state index >= 15 is 0 Å². The number of hydrogen-bond acceptors (Lipinski definition) is 4. The van der Waals surface area contributed by atoms with Gasteiger partial charge in [0.2, 0.25) is 0 Å². The van der Waals surface area contributed by atoms with E-state index in [2.05, 4.69) is 5.10 Å². The smallest absolute Gasteiger partial charge is 0.274 e. The molecule has 1 aromatic carbocycles. The minimum atomic E-state index is -0.443. The maximum Gasteiger partial charge on any atom is 0.274 e. The second-order valence-corrected chi connectivity index (χ2v) is 4.06. The molecule has 2 aromatic rings. The summed E-state index contributed by atoms with van der Waals surface area (Å²) in [6.45, 7) is 5.15. The number of fused-ring (bicyclic) bond motifs is 1. The van der Waals surface area contributed by atoms with Gasteiger partial charge in [-0.1, -0.05) is 18.2 Å². The number of nitrogens with zero attached hydrogens (tertiary/aromatic N) is 2. The lowest BCUT2D eigenvalue weighted by atomic mass is 10.2. The van der Waals surface area contributed by atoms with Crippen molar-refractivity contribution in [3.8, 4) is 0 Å². The minimum Gasteiger partial charge on any atom is -0.351 e. The predicted octanol–water partition coefficient (Wildman–Crippen LogP) is 1.80. The van der Waals surface area contributed by atoms with E-state index in [1.54, 1.807) is 12.3 Å². The van der Waals surface area contributed by atoms with Crippen LogP contribution in [-0.2, 0) is 16.0 Å². The molecule has 0 N–H and O–H groups in total. The lowest BCUT2D eigenvalue weighted by Gasteiger charge is -2.17. The van der Waals surface area contributed by atoms with Crippen LogP contribution in [0.15, 0.2) is 35.3 Å². The first kappa shape index (κ1) is 13.7. The standard InChI is InChI=1S/C14H18N2O3/c1-3-18-13(19-4-2)10-16-14(17)12-8-6-5-7-11(12)9-15-16/h5-9,13H,3-4,10H2,1-2H3. The van der Waals surface area contributed by atoms with Crippen molar-refractivity contribution in [1.82, 2.24) is 9.78 Å². The summed E-state index contributed by atoms with van der Waals surface area (Å²) in [5.74, 6) is 0. The van der Waals surface area contributed by atoms with E-state index in [0.29, 0.717) is 25.1 Å². The quantitative estimate of drug-likeness (QED) is 0.745. The zero-order valence-corrected chi connectivity index (χ0v) is 11.2. The summed E-state index contributed by atoms with van der Waals surface area (Å²) >= 11 is 0. The highest BCUT2D eigenvalue weighted by molar-refractivity contribution is 5.80. The summed E-state index contributed by atoms with van der Waals surface area (Å²) < 4.78 is 12.3. The summed E-state index contributed by atoms with van der Waals surface area (Å²) in [4.78, 5) is 12.3. The van der Waals surface area contributed by atoms with Crippen molar-refractivity contribution in [2.24, 2.45) is 0 Å². The van der Waals surface area contributed by atoms with E-state index in [1.807, 2.05) is 32.0 Å². The van der Waals surface area contributed by atoms with Gasteiger partial charge in [0, 0.05) is 18.6 Å². The summed E-state index contributed by atoms with van der Waals surface area (Å²) in [6.07, 6.45) is 1.24. The molecule has 0 saturated carbocycles. The molecule has 102 valence electrons. The van der Waals surface area contributed by atoms with Crippen LogP contribution in [0.2, 0.25) is 0 Å². The molecule has 2 rings (SSSR count). The number of hydrogen-bond donors (Lipinski definition) is 0. The second-order valence-electron chi connectivity index (χ2n) is 4.06. The van der Waals surface area contributed by atoms with Crippen LogP contribution in [0.5, 0.6) is 0 Å². The molecule has 5 nitrogen and oxygen atoms in total. The van der Waals surface area contributed by atoms with Gasteiger partial charge in [-0.2, -0.15) is 5.10 Å². The minimum absolute atomic E-state index is 0.123. The van der Waals surface area contributed by atoms with Gasteiger partial charge in [0.25, 0.3) is 5.56 Å². The Hall–Kier alpha value is -1.72. The SMILES string of the molecule is CCOC(Cn1ncc2ccccc2c1=O)OCC. The highest BCUT2D eigenvalue weighted by Crippen LogP contribution is 2.07. The average molecular weight is 262 g/mol. The predicted molar refractivity (Wildman–Crippen MR) is 73.0 cm³/mol. The maximum absolute atomic E-state index is 12.3. The molecule has 5 heteroatoms. The van der Waals surface area contributed by atoms with Gasteiger partial charge in [-0.3, -0.25) is 4.79 Å². The van der Waals surface area contributed by atoms with E-state index in [0.717, 1.165) is 5.39 Å². The van der Waals surface area contributed by atoms with Crippen LogP contribution >= 0.6 is 0 Å². The Morgan fingerprint density at radius 2 is 1.89 bits per heavy atom. The van der Waals surface area contributed by atoms with Gasteiger partial charge in [-0.05, 0) is 19.9 Å². The molecule has 0 amide bonds. The first-order chi connectivity index (χ1) is 9.26. The number of aromatic nitrogens is 2. The monoisotopic (exact) mass is 262 g/mol. The topological polar surface area (TPSA) is 53.4 Å². The van der Waals surface area contributed by atoms with E-state index in [4.69, 9.17) is 9.47 Å². The van der Waals surface area contributed by atoms with Crippen molar-refractivity contribution >= 4 is 10.8 Å². The Balaban J connectivity index is 2.29. The fourth-order valence-electron chi connectivity index (χ4n) is 1.92. The molecule has 19 heavy (non-hydrogen) atoms. The van der Waals surface area contributed by atoms with Crippen molar-refractivity contribution in [2.75, 3.05) is 13.2 Å². The third kappa shape index (κ3) is 3.19. The lowest BCUT2D eigenvalue weighted by Crippen LogP contribution is -2.31. The van der Waals surface area contributed by atoms with E-state index in [-0.39, 0.29) is 5.56 Å². The number of ether oxygens (including phenoxy) is 2. The third-order valence-corrected chi connectivity index (χ3v) is 2.79. The molecule has 1 aromatic heterocycles. The highest BCUT2D eigenvalue weighted by atomic mass is 16.7. The molecule has 0 radical (unpaired) electrons. The Morgan fingerprint density at radius 3 is 2.58 bits per heavy atom. The molecule has 0 saturated heterocycles. The fraction of sp³-hybridized carbons (Fsp3) is 0.429. The third-order valence-electron chi connectivity index (χ3n) is 2.79. The molecule has 1 heterocycles. The molecule has 0 spiro atoms. The van der Waals surface area contributed by atoms with Crippen LogP contribution in [0.1, 0.15) is 13.8 Å². The molecule has 0 unspecified atom stereocenters. The number of benzene rings is 1. The fourth-order valence-corrected chi connectivity index (χ4v) is 1.92. The Bertz CT molecular complexity index is 589. The zero-order valence-electron chi connectivity index (χ0n) is 11.2. The first-order valence-corrected chi connectivity index (χ1v) is 6.44. The van der Waals surface area contributed by atoms with Crippen molar-refractivity contribution < 1.29 is 9.47 Å². The van der Waals surface area contributed by atoms with Crippen LogP contribution in [0.4, 0.5) is 0 Å². The molecule has 0 aliphatic heterocycles. The van der Waals surface area contributed by atoms with Crippen molar-refractivity contribution in [1.29, 1.82) is 0 Å². The Morgan fingerprint density at radius 1 is 1.21 bits per heavy atom. The van der Waals surface area contributed by atoms with Crippen molar-refractivity contribution in [2.45, 2.75) is 26.7 Å². The molecular formula is C14H18N2O3. The van der Waals surface area contributed by atoms with E-state index in [9.17, 15) is 4.79 Å². The Kier molecular flexibility index (Phi) is 4.65. The Labute approximate surface area is 111 Å². The molecule has 0 fully saturated rings. The summed E-state index contributed by atoms with van der Waals surface area (Å²) in [6, 6.07) is 7.40. The van der Waals surface area contributed by atoms with Crippen LogP contribution in [0.3, 0.4) is 0 Å². The van der Waals surface area contributed by atoms with Gasteiger partial charge >= 0.3 is 0 Å². The normalized spacial score (nSPS) is 11.3. The second kappa shape index (κ2) is 6.45. The van der Waals surface area contributed by atoms with Crippen LogP contribution < -0.4 is 5.56 Å². The zero-order chi connectivity index (χ0) is 13.7. The molecular weight excluding hydrogens is 244 g/mol. The summed E-state index contributed by atoms with van der Waals surface area (Å²) in [7, 11) is 0.